The number of rotatable bonds is 6. The summed E-state index contributed by atoms with van der Waals surface area (Å²) >= 11 is 0. The number of benzene rings is 1. The highest BCUT2D eigenvalue weighted by Crippen LogP contribution is 2.29. The molecule has 0 aromatic heterocycles. The summed E-state index contributed by atoms with van der Waals surface area (Å²) < 4.78 is 5.12. The van der Waals surface area contributed by atoms with E-state index in [2.05, 4.69) is 5.32 Å². The summed E-state index contributed by atoms with van der Waals surface area (Å²) in [4.78, 5) is 40.7. The Morgan fingerprint density at radius 3 is 2.26 bits per heavy atom. The van der Waals surface area contributed by atoms with E-state index in [1.54, 1.807) is 4.90 Å². The van der Waals surface area contributed by atoms with Gasteiger partial charge in [-0.25, -0.2) is 4.79 Å². The zero-order valence-corrected chi connectivity index (χ0v) is 18.5. The number of carbonyl (C=O) groups excluding carboxylic acids is 3. The number of hydrogen-bond acceptors (Lipinski definition) is 6. The van der Waals surface area contributed by atoms with E-state index in [1.165, 1.54) is 0 Å². The van der Waals surface area contributed by atoms with Crippen LogP contribution in [0.3, 0.4) is 0 Å². The summed E-state index contributed by atoms with van der Waals surface area (Å²) in [5, 5.41) is 13.4. The molecule has 2 N–H and O–H groups in total. The highest BCUT2D eigenvalue weighted by Gasteiger charge is 2.39. The number of nitrogens with one attached hydrogen (secondary N) is 1. The quantitative estimate of drug-likeness (QED) is 0.664. The first kappa shape index (κ1) is 23.2. The summed E-state index contributed by atoms with van der Waals surface area (Å²) in [6, 6.07) is 5.89. The van der Waals surface area contributed by atoms with Gasteiger partial charge in [0.15, 0.2) is 12.2 Å². The molecule has 1 saturated heterocycles. The molecule has 0 bridgehead atoms. The number of para-hydroxylation sites is 1. The van der Waals surface area contributed by atoms with Crippen LogP contribution in [0.15, 0.2) is 18.2 Å². The molecule has 8 heteroatoms. The zero-order valence-electron chi connectivity index (χ0n) is 18.5. The van der Waals surface area contributed by atoms with Gasteiger partial charge >= 0.3 is 5.97 Å². The first-order chi connectivity index (χ1) is 14.8. The predicted octanol–water partition coefficient (Wildman–Crippen LogP) is 1.62. The molecule has 1 aliphatic heterocycles. The van der Waals surface area contributed by atoms with Gasteiger partial charge in [0.1, 0.15) is 0 Å². The van der Waals surface area contributed by atoms with Crippen LogP contribution in [0.1, 0.15) is 43.2 Å². The molecule has 1 aromatic rings. The summed E-state index contributed by atoms with van der Waals surface area (Å²) in [6.07, 6.45) is 3.37. The highest BCUT2D eigenvalue weighted by molar-refractivity contribution is 5.93. The highest BCUT2D eigenvalue weighted by atomic mass is 16.6. The molecule has 1 aromatic carbocycles. The van der Waals surface area contributed by atoms with E-state index >= 15 is 0 Å². The number of amides is 2. The fraction of sp³-hybridized carbons (Fsp3) is 0.609. The Kier molecular flexibility index (Phi) is 7.67. The van der Waals surface area contributed by atoms with Crippen LogP contribution in [0.25, 0.3) is 0 Å². The van der Waals surface area contributed by atoms with Gasteiger partial charge in [0.25, 0.3) is 5.91 Å². The summed E-state index contributed by atoms with van der Waals surface area (Å²) in [5.41, 5.74) is 1.45. The molecule has 8 nitrogen and oxygen atoms in total. The second-order valence-corrected chi connectivity index (χ2v) is 8.64. The number of carbonyl (C=O) groups is 3. The van der Waals surface area contributed by atoms with Gasteiger partial charge in [-0.3, -0.25) is 14.5 Å². The maximum atomic E-state index is 12.4. The van der Waals surface area contributed by atoms with Crippen molar-refractivity contribution in [3.63, 3.8) is 0 Å². The van der Waals surface area contributed by atoms with Crippen LogP contribution in [-0.2, 0) is 19.1 Å². The van der Waals surface area contributed by atoms with Crippen molar-refractivity contribution in [1.82, 2.24) is 9.80 Å². The first-order valence-corrected chi connectivity index (χ1v) is 11.0. The van der Waals surface area contributed by atoms with E-state index < -0.39 is 11.6 Å². The lowest BCUT2D eigenvalue weighted by Crippen LogP contribution is -2.51. The number of nitrogens with zero attached hydrogens (tertiary/aromatic N) is 2. The third-order valence-corrected chi connectivity index (χ3v) is 6.23. The van der Waals surface area contributed by atoms with E-state index in [1.807, 2.05) is 36.9 Å². The number of anilines is 1. The fourth-order valence-corrected chi connectivity index (χ4v) is 4.24. The smallest absolute Gasteiger partial charge is 0.338 e. The average molecular weight is 432 g/mol. The van der Waals surface area contributed by atoms with Crippen molar-refractivity contribution in [2.24, 2.45) is 0 Å². The first-order valence-electron chi connectivity index (χ1n) is 11.0. The molecule has 1 heterocycles. The number of hydrogen-bond donors (Lipinski definition) is 2. The van der Waals surface area contributed by atoms with Crippen LogP contribution < -0.4 is 5.32 Å². The van der Waals surface area contributed by atoms with Gasteiger partial charge in [0.2, 0.25) is 5.91 Å². The van der Waals surface area contributed by atoms with Crippen molar-refractivity contribution in [3.8, 4) is 0 Å². The summed E-state index contributed by atoms with van der Waals surface area (Å²) in [6.45, 7) is 5.92. The topological polar surface area (TPSA) is 99.2 Å². The van der Waals surface area contributed by atoms with Gasteiger partial charge in [-0.15, -0.1) is 0 Å². The molecular formula is C23H33N3O5. The third kappa shape index (κ3) is 6.04. The minimum absolute atomic E-state index is 0.0770. The van der Waals surface area contributed by atoms with Crippen molar-refractivity contribution >= 4 is 23.5 Å². The van der Waals surface area contributed by atoms with Crippen LogP contribution in [0.4, 0.5) is 5.69 Å². The lowest BCUT2D eigenvalue weighted by atomic mass is 9.85. The van der Waals surface area contributed by atoms with Gasteiger partial charge in [0, 0.05) is 31.9 Å². The molecule has 0 atom stereocenters. The maximum absolute atomic E-state index is 12.4. The second kappa shape index (κ2) is 10.2. The number of piperazine rings is 1. The Bertz CT molecular complexity index is 791. The van der Waals surface area contributed by atoms with E-state index in [9.17, 15) is 19.5 Å². The molecule has 2 aliphatic rings. The Morgan fingerprint density at radius 2 is 1.65 bits per heavy atom. The van der Waals surface area contributed by atoms with Crippen LogP contribution in [-0.4, -0.2) is 77.6 Å². The molecule has 31 heavy (non-hydrogen) atoms. The Balaban J connectivity index is 1.40. The normalized spacial score (nSPS) is 19.0. The number of aliphatic hydroxyl groups is 1. The van der Waals surface area contributed by atoms with Gasteiger partial charge in [0.05, 0.1) is 6.54 Å². The van der Waals surface area contributed by atoms with Crippen molar-refractivity contribution < 1.29 is 24.2 Å². The molecule has 2 fully saturated rings. The minimum Gasteiger partial charge on any atom is -0.453 e. The van der Waals surface area contributed by atoms with E-state index in [0.717, 1.165) is 36.1 Å². The van der Waals surface area contributed by atoms with Crippen molar-refractivity contribution in [1.29, 1.82) is 0 Å². The number of aryl methyl sites for hydroxylation is 2. The molecule has 0 radical (unpaired) electrons. The van der Waals surface area contributed by atoms with E-state index in [0.29, 0.717) is 39.0 Å². The molecule has 1 saturated carbocycles. The summed E-state index contributed by atoms with van der Waals surface area (Å²) in [7, 11) is 0. The predicted molar refractivity (Wildman–Crippen MR) is 117 cm³/mol. The third-order valence-electron chi connectivity index (χ3n) is 6.23. The number of esters is 1. The van der Waals surface area contributed by atoms with Gasteiger partial charge in [-0.2, -0.15) is 0 Å². The Morgan fingerprint density at radius 1 is 1.03 bits per heavy atom. The molecular weight excluding hydrogens is 398 g/mol. The fourth-order valence-electron chi connectivity index (χ4n) is 4.24. The van der Waals surface area contributed by atoms with Gasteiger partial charge in [-0.05, 0) is 50.7 Å². The average Bonchev–Trinajstić information content (AvgIpc) is 2.75. The van der Waals surface area contributed by atoms with Crippen molar-refractivity contribution in [3.05, 3.63) is 29.3 Å². The molecule has 170 valence electrons. The van der Waals surface area contributed by atoms with E-state index in [-0.39, 0.29) is 25.0 Å². The monoisotopic (exact) mass is 431 g/mol. The summed E-state index contributed by atoms with van der Waals surface area (Å²) in [5.74, 6) is -1.04. The molecule has 0 spiro atoms. The lowest BCUT2D eigenvalue weighted by molar-refractivity contribution is -0.172. The molecule has 3 rings (SSSR count). The maximum Gasteiger partial charge on any atom is 0.338 e. The number of ether oxygens (including phenoxy) is 1. The Labute approximate surface area is 183 Å². The molecule has 1 aliphatic carbocycles. The standard InChI is InChI=1S/C23H33N3O5/c1-17-7-6-8-18(2)21(17)24-19(27)15-25-11-13-26(14-12-25)20(28)16-31-22(29)23(30)9-4-3-5-10-23/h6-8,30H,3-5,9-16H2,1-2H3,(H,24,27). The van der Waals surface area contributed by atoms with Crippen LogP contribution in [0.5, 0.6) is 0 Å². The van der Waals surface area contributed by atoms with Crippen LogP contribution >= 0.6 is 0 Å². The SMILES string of the molecule is Cc1cccc(C)c1NC(=O)CN1CCN(C(=O)COC(=O)C2(O)CCCCC2)CC1. The largest absolute Gasteiger partial charge is 0.453 e. The Hall–Kier alpha value is -2.45. The molecule has 2 amide bonds. The van der Waals surface area contributed by atoms with Crippen LogP contribution in [0, 0.1) is 13.8 Å². The van der Waals surface area contributed by atoms with Crippen LogP contribution in [0.2, 0.25) is 0 Å². The van der Waals surface area contributed by atoms with Crippen molar-refractivity contribution in [2.75, 3.05) is 44.6 Å². The van der Waals surface area contributed by atoms with Crippen molar-refractivity contribution in [2.45, 2.75) is 51.6 Å². The second-order valence-electron chi connectivity index (χ2n) is 8.64. The van der Waals surface area contributed by atoms with Gasteiger partial charge < -0.3 is 20.1 Å². The lowest BCUT2D eigenvalue weighted by Gasteiger charge is -2.34. The van der Waals surface area contributed by atoms with Gasteiger partial charge in [-0.1, -0.05) is 24.6 Å². The zero-order chi connectivity index (χ0) is 22.4. The molecule has 0 unspecified atom stereocenters. The van der Waals surface area contributed by atoms with E-state index in [4.69, 9.17) is 4.74 Å². The minimum atomic E-state index is -1.44.